The molecule has 0 saturated heterocycles. The average molecular weight is 695 g/mol. The zero-order chi connectivity index (χ0) is 33.6. The molecule has 0 heterocycles. The van der Waals surface area contributed by atoms with Gasteiger partial charge in [0.05, 0.1) is 12.8 Å². The lowest BCUT2D eigenvalue weighted by Gasteiger charge is -2.18. The summed E-state index contributed by atoms with van der Waals surface area (Å²) in [6, 6.07) is 23.9. The lowest BCUT2D eigenvalue weighted by atomic mass is 10.1. The van der Waals surface area contributed by atoms with Gasteiger partial charge in [0.1, 0.15) is 18.4 Å². The van der Waals surface area contributed by atoms with Crippen molar-refractivity contribution in [1.82, 2.24) is 10.7 Å². The Balaban J connectivity index is 1.47. The minimum absolute atomic E-state index is 0.197. The van der Waals surface area contributed by atoms with E-state index in [0.717, 1.165) is 16.7 Å². The van der Waals surface area contributed by atoms with Crippen LogP contribution in [0.4, 0.5) is 0 Å². The number of rotatable bonds is 16. The molecule has 0 bridgehead atoms. The van der Waals surface area contributed by atoms with Crippen LogP contribution in [0.15, 0.2) is 103 Å². The first-order chi connectivity index (χ1) is 22.7. The van der Waals surface area contributed by atoms with E-state index < -0.39 is 17.9 Å². The lowest BCUT2D eigenvalue weighted by molar-refractivity contribution is -0.130. The van der Waals surface area contributed by atoms with Crippen LogP contribution in [0, 0.1) is 0 Å². The summed E-state index contributed by atoms with van der Waals surface area (Å²) in [5.74, 6) is 0.558. The number of ether oxygens (including phenoxy) is 3. The predicted molar refractivity (Wildman–Crippen MR) is 187 cm³/mol. The van der Waals surface area contributed by atoms with Gasteiger partial charge in [0.25, 0.3) is 11.8 Å². The molecule has 244 valence electrons. The van der Waals surface area contributed by atoms with Crippen molar-refractivity contribution >= 4 is 52.8 Å². The molecule has 0 saturated carbocycles. The van der Waals surface area contributed by atoms with E-state index in [-0.39, 0.29) is 19.6 Å². The molecule has 0 aliphatic carbocycles. The molecule has 4 rings (SSSR count). The number of hydrogen-bond acceptors (Lipinski definition) is 6. The van der Waals surface area contributed by atoms with Gasteiger partial charge in [0.15, 0.2) is 18.1 Å². The molecule has 0 aliphatic heterocycles. The van der Waals surface area contributed by atoms with Crippen molar-refractivity contribution in [3.63, 3.8) is 0 Å². The highest BCUT2D eigenvalue weighted by molar-refractivity contribution is 6.35. The second kappa shape index (κ2) is 18.0. The SMILES string of the molecule is C=CCc1cc(/C=N\NC(=O)[C@H](Cc2ccccc2)NC(=O)COc2ccc(Cl)cc2)cc(OCC)c1OCc1ccc(Cl)cc1Cl. The summed E-state index contributed by atoms with van der Waals surface area (Å²) in [5, 5.41) is 8.52. The van der Waals surface area contributed by atoms with Gasteiger partial charge in [0, 0.05) is 32.6 Å². The quantitative estimate of drug-likeness (QED) is 0.0715. The monoisotopic (exact) mass is 693 g/mol. The fourth-order valence-electron chi connectivity index (χ4n) is 4.50. The Kier molecular flexibility index (Phi) is 13.5. The van der Waals surface area contributed by atoms with Gasteiger partial charge in [-0.3, -0.25) is 9.59 Å². The highest BCUT2D eigenvalue weighted by atomic mass is 35.5. The maximum absolute atomic E-state index is 13.3. The maximum atomic E-state index is 13.3. The molecule has 47 heavy (non-hydrogen) atoms. The molecule has 4 aromatic rings. The molecule has 1 atom stereocenters. The van der Waals surface area contributed by atoms with Gasteiger partial charge < -0.3 is 19.5 Å². The standard InChI is InChI=1S/C36H34Cl3N3O5/c1-3-8-26-17-25(19-33(45-4-2)35(26)47-22-27-11-12-29(38)20-31(27)39)21-40-42-36(44)32(18-24-9-6-5-7-10-24)41-34(43)23-46-30-15-13-28(37)14-16-30/h3,5-7,9-17,19-21,32H,1,4,8,18,22-23H2,2H3,(H,41,43)(H,42,44)/b40-21-/t32-/m0/s1. The smallest absolute Gasteiger partial charge is 0.262 e. The van der Waals surface area contributed by atoms with Crippen LogP contribution in [-0.4, -0.2) is 37.3 Å². The van der Waals surface area contributed by atoms with Crippen LogP contribution < -0.4 is 25.0 Å². The lowest BCUT2D eigenvalue weighted by Crippen LogP contribution is -2.48. The maximum Gasteiger partial charge on any atom is 0.262 e. The number of allylic oxidation sites excluding steroid dienone is 1. The van der Waals surface area contributed by atoms with Crippen molar-refractivity contribution in [2.24, 2.45) is 5.10 Å². The Labute approximate surface area is 289 Å². The van der Waals surface area contributed by atoms with Crippen LogP contribution in [0.2, 0.25) is 15.1 Å². The number of carbonyl (C=O) groups is 2. The Morgan fingerprint density at radius 3 is 2.34 bits per heavy atom. The number of carbonyl (C=O) groups excluding carboxylic acids is 2. The van der Waals surface area contributed by atoms with Crippen LogP contribution in [0.25, 0.3) is 0 Å². The first kappa shape index (κ1) is 35.4. The van der Waals surface area contributed by atoms with E-state index in [1.54, 1.807) is 48.5 Å². The third-order valence-electron chi connectivity index (χ3n) is 6.71. The third kappa shape index (κ3) is 11.1. The molecule has 2 N–H and O–H groups in total. The summed E-state index contributed by atoms with van der Waals surface area (Å²) in [6.45, 7) is 6.05. The number of hydrogen-bond donors (Lipinski definition) is 2. The third-order valence-corrected chi connectivity index (χ3v) is 7.55. The second-order valence-corrected chi connectivity index (χ2v) is 11.5. The average Bonchev–Trinajstić information content (AvgIpc) is 3.05. The van der Waals surface area contributed by atoms with E-state index >= 15 is 0 Å². The predicted octanol–water partition coefficient (Wildman–Crippen LogP) is 7.61. The van der Waals surface area contributed by atoms with E-state index in [0.29, 0.717) is 50.9 Å². The van der Waals surface area contributed by atoms with Crippen LogP contribution in [-0.2, 0) is 29.0 Å². The van der Waals surface area contributed by atoms with Crippen molar-refractivity contribution in [2.45, 2.75) is 32.4 Å². The number of halogens is 3. The van der Waals surface area contributed by atoms with Gasteiger partial charge in [-0.15, -0.1) is 6.58 Å². The van der Waals surface area contributed by atoms with Crippen molar-refractivity contribution in [1.29, 1.82) is 0 Å². The summed E-state index contributed by atoms with van der Waals surface area (Å²) in [4.78, 5) is 26.0. The van der Waals surface area contributed by atoms with E-state index in [2.05, 4.69) is 22.4 Å². The van der Waals surface area contributed by atoms with Crippen molar-refractivity contribution in [3.8, 4) is 17.2 Å². The van der Waals surface area contributed by atoms with Crippen molar-refractivity contribution < 1.29 is 23.8 Å². The van der Waals surface area contributed by atoms with Gasteiger partial charge in [-0.2, -0.15) is 5.10 Å². The van der Waals surface area contributed by atoms with Crippen molar-refractivity contribution in [3.05, 3.63) is 135 Å². The Morgan fingerprint density at radius 1 is 0.894 bits per heavy atom. The van der Waals surface area contributed by atoms with Crippen LogP contribution in [0.5, 0.6) is 17.2 Å². The van der Waals surface area contributed by atoms with E-state index in [9.17, 15) is 9.59 Å². The Hall–Kier alpha value is -4.50. The largest absolute Gasteiger partial charge is 0.490 e. The first-order valence-electron chi connectivity index (χ1n) is 14.8. The van der Waals surface area contributed by atoms with E-state index in [1.165, 1.54) is 6.21 Å². The van der Waals surface area contributed by atoms with E-state index in [1.807, 2.05) is 49.4 Å². The molecule has 11 heteroatoms. The first-order valence-corrected chi connectivity index (χ1v) is 15.9. The summed E-state index contributed by atoms with van der Waals surface area (Å²) >= 11 is 18.3. The normalized spacial score (nSPS) is 11.5. The number of nitrogens with one attached hydrogen (secondary N) is 2. The molecule has 0 aliphatic rings. The molecular weight excluding hydrogens is 661 g/mol. The molecule has 8 nitrogen and oxygen atoms in total. The molecular formula is C36H34Cl3N3O5. The Morgan fingerprint density at radius 2 is 1.64 bits per heavy atom. The molecule has 0 aromatic heterocycles. The van der Waals surface area contributed by atoms with Gasteiger partial charge in [0.2, 0.25) is 0 Å². The topological polar surface area (TPSA) is 98.3 Å². The fraction of sp³-hybridized carbons (Fsp3) is 0.194. The minimum Gasteiger partial charge on any atom is -0.490 e. The van der Waals surface area contributed by atoms with Crippen molar-refractivity contribution in [2.75, 3.05) is 13.2 Å². The van der Waals surface area contributed by atoms with Gasteiger partial charge in [-0.05, 0) is 73.0 Å². The highest BCUT2D eigenvalue weighted by Crippen LogP contribution is 2.35. The molecule has 4 aromatic carbocycles. The van der Waals surface area contributed by atoms with E-state index in [4.69, 9.17) is 49.0 Å². The summed E-state index contributed by atoms with van der Waals surface area (Å²) in [5.41, 5.74) is 5.65. The number of hydrazone groups is 1. The van der Waals surface area contributed by atoms with Gasteiger partial charge in [-0.1, -0.05) is 77.3 Å². The molecule has 0 spiro atoms. The molecule has 0 fully saturated rings. The number of nitrogens with zero attached hydrogens (tertiary/aromatic N) is 1. The molecule has 2 amide bonds. The van der Waals surface area contributed by atoms with Crippen LogP contribution in [0.3, 0.4) is 0 Å². The molecule has 0 radical (unpaired) electrons. The number of amides is 2. The second-order valence-electron chi connectivity index (χ2n) is 10.2. The zero-order valence-corrected chi connectivity index (χ0v) is 27.9. The molecule has 0 unspecified atom stereocenters. The summed E-state index contributed by atoms with van der Waals surface area (Å²) in [6.07, 6.45) is 3.99. The van der Waals surface area contributed by atoms with Gasteiger partial charge in [-0.25, -0.2) is 5.43 Å². The zero-order valence-electron chi connectivity index (χ0n) is 25.7. The van der Waals surface area contributed by atoms with Crippen LogP contribution >= 0.6 is 34.8 Å². The minimum atomic E-state index is -0.915. The highest BCUT2D eigenvalue weighted by Gasteiger charge is 2.22. The summed E-state index contributed by atoms with van der Waals surface area (Å²) in [7, 11) is 0. The summed E-state index contributed by atoms with van der Waals surface area (Å²) < 4.78 is 17.6. The fourth-order valence-corrected chi connectivity index (χ4v) is 5.09. The number of benzene rings is 4. The van der Waals surface area contributed by atoms with Crippen LogP contribution in [0.1, 0.15) is 29.2 Å². The van der Waals surface area contributed by atoms with Gasteiger partial charge >= 0.3 is 0 Å². The Bertz CT molecular complexity index is 1700.